The number of fused-ring (bicyclic) bond motifs is 1. The monoisotopic (exact) mass is 383 g/mol. The molecule has 0 unspecified atom stereocenters. The molecule has 0 bridgehead atoms. The standard InChI is InChI=1S/C23H29NO2S/c1-2-22(26-21-13-12-19-10-6-7-11-20(19)16-21)23(25)24-14-15-27-17-18-8-4-3-5-9-18/h3-5,8-9,12-13,16,22H,2,6-7,10-11,14-15,17H2,1H3,(H,24,25)/t22-/m0/s1. The van der Waals surface area contributed by atoms with Gasteiger partial charge in [-0.1, -0.05) is 43.3 Å². The number of thioether (sulfide) groups is 1. The first kappa shape index (κ1) is 19.8. The van der Waals surface area contributed by atoms with Crippen LogP contribution in [0.3, 0.4) is 0 Å². The summed E-state index contributed by atoms with van der Waals surface area (Å²) in [5, 5.41) is 3.02. The molecule has 4 heteroatoms. The van der Waals surface area contributed by atoms with Gasteiger partial charge in [0.1, 0.15) is 5.75 Å². The maximum Gasteiger partial charge on any atom is 0.261 e. The first-order chi connectivity index (χ1) is 13.3. The second-order valence-electron chi connectivity index (χ2n) is 6.98. The van der Waals surface area contributed by atoms with Crippen molar-refractivity contribution < 1.29 is 9.53 Å². The Hall–Kier alpha value is -1.94. The number of hydrogen-bond donors (Lipinski definition) is 1. The first-order valence-corrected chi connectivity index (χ1v) is 11.1. The number of benzene rings is 2. The van der Waals surface area contributed by atoms with E-state index in [9.17, 15) is 4.79 Å². The number of rotatable bonds is 9. The molecule has 1 aliphatic rings. The van der Waals surface area contributed by atoms with E-state index in [1.54, 1.807) is 0 Å². The summed E-state index contributed by atoms with van der Waals surface area (Å²) in [6.07, 6.45) is 5.04. The zero-order chi connectivity index (χ0) is 18.9. The molecule has 0 aliphatic heterocycles. The van der Waals surface area contributed by atoms with Gasteiger partial charge < -0.3 is 10.1 Å². The Bertz CT molecular complexity index is 732. The lowest BCUT2D eigenvalue weighted by atomic mass is 9.92. The van der Waals surface area contributed by atoms with Crippen molar-refractivity contribution in [2.75, 3.05) is 12.3 Å². The Morgan fingerprint density at radius 1 is 1.11 bits per heavy atom. The maximum atomic E-state index is 12.5. The number of amides is 1. The van der Waals surface area contributed by atoms with Crippen molar-refractivity contribution in [2.45, 2.75) is 50.9 Å². The third-order valence-electron chi connectivity index (χ3n) is 4.92. The highest BCUT2D eigenvalue weighted by molar-refractivity contribution is 7.98. The zero-order valence-electron chi connectivity index (χ0n) is 16.1. The highest BCUT2D eigenvalue weighted by Crippen LogP contribution is 2.26. The number of nitrogens with one attached hydrogen (secondary N) is 1. The molecule has 0 saturated heterocycles. The van der Waals surface area contributed by atoms with E-state index in [-0.39, 0.29) is 5.91 Å². The minimum atomic E-state index is -0.425. The van der Waals surface area contributed by atoms with Gasteiger partial charge >= 0.3 is 0 Å². The van der Waals surface area contributed by atoms with Crippen LogP contribution in [0.5, 0.6) is 5.75 Å². The lowest BCUT2D eigenvalue weighted by molar-refractivity contribution is -0.127. The van der Waals surface area contributed by atoms with Crippen LogP contribution in [-0.2, 0) is 23.4 Å². The summed E-state index contributed by atoms with van der Waals surface area (Å²) in [5.41, 5.74) is 4.13. The van der Waals surface area contributed by atoms with Crippen LogP contribution in [0.1, 0.15) is 42.9 Å². The van der Waals surface area contributed by atoms with Gasteiger partial charge in [-0.3, -0.25) is 4.79 Å². The van der Waals surface area contributed by atoms with Crippen molar-refractivity contribution in [3.05, 3.63) is 65.2 Å². The van der Waals surface area contributed by atoms with Gasteiger partial charge in [-0.2, -0.15) is 11.8 Å². The van der Waals surface area contributed by atoms with Crippen molar-refractivity contribution in [2.24, 2.45) is 0 Å². The molecule has 0 spiro atoms. The van der Waals surface area contributed by atoms with Crippen molar-refractivity contribution in [3.63, 3.8) is 0 Å². The smallest absolute Gasteiger partial charge is 0.261 e. The van der Waals surface area contributed by atoms with Gasteiger partial charge in [0.15, 0.2) is 6.10 Å². The van der Waals surface area contributed by atoms with E-state index in [1.165, 1.54) is 29.5 Å². The second-order valence-corrected chi connectivity index (χ2v) is 8.09. The van der Waals surface area contributed by atoms with E-state index < -0.39 is 6.10 Å². The summed E-state index contributed by atoms with van der Waals surface area (Å²) >= 11 is 1.83. The predicted octanol–water partition coefficient (Wildman–Crippen LogP) is 4.77. The molecule has 3 nitrogen and oxygen atoms in total. The van der Waals surface area contributed by atoms with Crippen LogP contribution >= 0.6 is 11.8 Å². The van der Waals surface area contributed by atoms with Gasteiger partial charge in [-0.15, -0.1) is 0 Å². The molecular weight excluding hydrogens is 354 g/mol. The lowest BCUT2D eigenvalue weighted by Crippen LogP contribution is -2.39. The normalized spacial score (nSPS) is 14.3. The molecular formula is C23H29NO2S. The van der Waals surface area contributed by atoms with Gasteiger partial charge in [0.25, 0.3) is 5.91 Å². The van der Waals surface area contributed by atoms with Crippen LogP contribution in [0.15, 0.2) is 48.5 Å². The fourth-order valence-corrected chi connectivity index (χ4v) is 4.21. The van der Waals surface area contributed by atoms with Crippen molar-refractivity contribution in [1.29, 1.82) is 0 Å². The summed E-state index contributed by atoms with van der Waals surface area (Å²) in [6.45, 7) is 2.66. The molecule has 0 heterocycles. The fourth-order valence-electron chi connectivity index (χ4n) is 3.39. The average Bonchev–Trinajstić information content (AvgIpc) is 2.72. The van der Waals surface area contributed by atoms with Crippen LogP contribution in [0, 0.1) is 0 Å². The quantitative estimate of drug-likeness (QED) is 0.634. The molecule has 27 heavy (non-hydrogen) atoms. The van der Waals surface area contributed by atoms with E-state index in [0.717, 1.165) is 30.1 Å². The Labute approximate surface area is 166 Å². The third-order valence-corrected chi connectivity index (χ3v) is 5.95. The molecule has 0 radical (unpaired) electrons. The highest BCUT2D eigenvalue weighted by atomic mass is 32.2. The zero-order valence-corrected chi connectivity index (χ0v) is 16.9. The molecule has 2 aromatic rings. The fraction of sp³-hybridized carbons (Fsp3) is 0.435. The van der Waals surface area contributed by atoms with Crippen molar-refractivity contribution in [1.82, 2.24) is 5.32 Å². The molecule has 1 amide bonds. The second kappa shape index (κ2) is 10.4. The highest BCUT2D eigenvalue weighted by Gasteiger charge is 2.19. The minimum absolute atomic E-state index is 0.0180. The molecule has 2 aromatic carbocycles. The minimum Gasteiger partial charge on any atom is -0.481 e. The third kappa shape index (κ3) is 6.03. The SMILES string of the molecule is CC[C@H](Oc1ccc2c(c1)CCCC2)C(=O)NCCSCc1ccccc1. The van der Waals surface area contributed by atoms with Gasteiger partial charge in [-0.05, 0) is 60.9 Å². The Balaban J connectivity index is 1.42. The van der Waals surface area contributed by atoms with E-state index in [1.807, 2.05) is 30.8 Å². The van der Waals surface area contributed by atoms with Crippen molar-refractivity contribution in [3.8, 4) is 5.75 Å². The molecule has 1 aliphatic carbocycles. The summed E-state index contributed by atoms with van der Waals surface area (Å²) < 4.78 is 6.00. The van der Waals surface area contributed by atoms with Crippen LogP contribution in [0.2, 0.25) is 0 Å². The van der Waals surface area contributed by atoms with E-state index >= 15 is 0 Å². The van der Waals surface area contributed by atoms with Crippen LogP contribution < -0.4 is 10.1 Å². The van der Waals surface area contributed by atoms with Gasteiger partial charge in [-0.25, -0.2) is 0 Å². The average molecular weight is 384 g/mol. The number of hydrogen-bond acceptors (Lipinski definition) is 3. The van der Waals surface area contributed by atoms with Gasteiger partial charge in [0.2, 0.25) is 0 Å². The van der Waals surface area contributed by atoms with Gasteiger partial charge in [0.05, 0.1) is 0 Å². The summed E-state index contributed by atoms with van der Waals surface area (Å²) in [4.78, 5) is 12.5. The number of carbonyl (C=O) groups is 1. The molecule has 0 saturated carbocycles. The topological polar surface area (TPSA) is 38.3 Å². The Kier molecular flexibility index (Phi) is 7.64. The van der Waals surface area contributed by atoms with Crippen LogP contribution in [0.4, 0.5) is 0 Å². The van der Waals surface area contributed by atoms with Crippen LogP contribution in [-0.4, -0.2) is 24.3 Å². The number of carbonyl (C=O) groups excluding carboxylic acids is 1. The molecule has 1 atom stereocenters. The molecule has 144 valence electrons. The van der Waals surface area contributed by atoms with E-state index in [4.69, 9.17) is 4.74 Å². The predicted molar refractivity (Wildman–Crippen MR) is 113 cm³/mol. The van der Waals surface area contributed by atoms with E-state index in [0.29, 0.717) is 13.0 Å². The number of aryl methyl sites for hydroxylation is 2. The summed E-state index contributed by atoms with van der Waals surface area (Å²) in [5.74, 6) is 2.67. The molecule has 0 fully saturated rings. The van der Waals surface area contributed by atoms with E-state index in [2.05, 4.69) is 41.7 Å². The Morgan fingerprint density at radius 3 is 2.67 bits per heavy atom. The molecule has 1 N–H and O–H groups in total. The maximum absolute atomic E-state index is 12.5. The van der Waals surface area contributed by atoms with Gasteiger partial charge in [0, 0.05) is 18.1 Å². The Morgan fingerprint density at radius 2 is 1.89 bits per heavy atom. The molecule has 0 aromatic heterocycles. The first-order valence-electron chi connectivity index (χ1n) is 9.94. The largest absolute Gasteiger partial charge is 0.481 e. The summed E-state index contributed by atoms with van der Waals surface area (Å²) in [7, 11) is 0. The van der Waals surface area contributed by atoms with Crippen molar-refractivity contribution >= 4 is 17.7 Å². The summed E-state index contributed by atoms with van der Waals surface area (Å²) in [6, 6.07) is 16.7. The molecule has 3 rings (SSSR count). The van der Waals surface area contributed by atoms with Crippen LogP contribution in [0.25, 0.3) is 0 Å². The lowest BCUT2D eigenvalue weighted by Gasteiger charge is -2.20. The number of ether oxygens (including phenoxy) is 1.